The van der Waals surface area contributed by atoms with E-state index in [1.807, 2.05) is 0 Å². The van der Waals surface area contributed by atoms with Crippen LogP contribution in [0, 0.1) is 5.92 Å². The van der Waals surface area contributed by atoms with E-state index in [1.54, 1.807) is 12.2 Å². The van der Waals surface area contributed by atoms with E-state index in [-0.39, 0.29) is 5.92 Å². The first kappa shape index (κ1) is 12.9. The number of hydrogen-bond donors (Lipinski definition) is 2. The molecule has 0 saturated carbocycles. The van der Waals surface area contributed by atoms with Gasteiger partial charge < -0.3 is 19.7 Å². The highest BCUT2D eigenvalue weighted by Crippen LogP contribution is 2.31. The molecule has 2 N–H and O–H groups in total. The van der Waals surface area contributed by atoms with E-state index >= 15 is 0 Å². The first-order valence-corrected chi connectivity index (χ1v) is 5.38. The van der Waals surface area contributed by atoms with Gasteiger partial charge in [0.2, 0.25) is 0 Å². The molecule has 0 heterocycles. The molecule has 5 heteroatoms. The first-order chi connectivity index (χ1) is 7.10. The monoisotopic (exact) mass is 278 g/mol. The first-order valence-electron chi connectivity index (χ1n) is 4.58. The number of aliphatic hydroxyl groups is 2. The Morgan fingerprint density at radius 2 is 2.07 bits per heavy atom. The van der Waals surface area contributed by atoms with E-state index in [0.29, 0.717) is 12.0 Å². The molecule has 0 amide bonds. The minimum absolute atomic E-state index is 0.0998. The van der Waals surface area contributed by atoms with Crippen molar-refractivity contribution < 1.29 is 19.7 Å². The summed E-state index contributed by atoms with van der Waals surface area (Å²) in [5.74, 6) is -0.0998. The fraction of sp³-hybridized carbons (Fsp3) is 0.600. The maximum Gasteiger partial charge on any atom is 0.181 e. The van der Waals surface area contributed by atoms with Crippen LogP contribution < -0.4 is 0 Å². The molecule has 0 fully saturated rings. The van der Waals surface area contributed by atoms with Gasteiger partial charge in [0, 0.05) is 30.2 Å². The third-order valence-electron chi connectivity index (χ3n) is 2.35. The topological polar surface area (TPSA) is 58.9 Å². The average molecular weight is 279 g/mol. The average Bonchev–Trinajstić information content (AvgIpc) is 2.26. The summed E-state index contributed by atoms with van der Waals surface area (Å²) in [5, 5.41) is 19.0. The summed E-state index contributed by atoms with van der Waals surface area (Å²) in [4.78, 5) is 0. The number of hydrogen-bond acceptors (Lipinski definition) is 4. The predicted molar refractivity (Wildman–Crippen MR) is 59.2 cm³/mol. The highest BCUT2D eigenvalue weighted by atomic mass is 79.9. The molecule has 3 unspecified atom stereocenters. The van der Waals surface area contributed by atoms with Crippen molar-refractivity contribution in [3.05, 3.63) is 22.2 Å². The molecule has 15 heavy (non-hydrogen) atoms. The second kappa shape index (κ2) is 5.77. The Bertz CT molecular complexity index is 275. The van der Waals surface area contributed by atoms with E-state index in [1.165, 1.54) is 14.2 Å². The van der Waals surface area contributed by atoms with Crippen molar-refractivity contribution in [3.63, 3.8) is 0 Å². The Balaban J connectivity index is 2.71. The summed E-state index contributed by atoms with van der Waals surface area (Å²) in [6, 6.07) is 0. The third kappa shape index (κ3) is 3.12. The van der Waals surface area contributed by atoms with Crippen molar-refractivity contribution in [2.24, 2.45) is 5.92 Å². The van der Waals surface area contributed by atoms with Crippen LogP contribution in [0.4, 0.5) is 0 Å². The molecular weight excluding hydrogens is 264 g/mol. The molecule has 86 valence electrons. The molecule has 0 spiro atoms. The zero-order valence-electron chi connectivity index (χ0n) is 8.68. The fourth-order valence-corrected chi connectivity index (χ4v) is 2.13. The van der Waals surface area contributed by atoms with Crippen LogP contribution in [0.1, 0.15) is 6.42 Å². The number of ether oxygens (including phenoxy) is 2. The molecule has 0 aromatic heterocycles. The summed E-state index contributed by atoms with van der Waals surface area (Å²) < 4.78 is 10.5. The largest absolute Gasteiger partial charge is 0.367 e. The molecule has 1 aliphatic carbocycles. The van der Waals surface area contributed by atoms with Gasteiger partial charge >= 0.3 is 0 Å². The Kier molecular flexibility index (Phi) is 4.95. The summed E-state index contributed by atoms with van der Waals surface area (Å²) in [6.45, 7) is 0. The Labute approximate surface area is 97.3 Å². The molecule has 0 aromatic rings. The Morgan fingerprint density at radius 1 is 1.40 bits per heavy atom. The smallest absolute Gasteiger partial charge is 0.181 e. The Hall–Kier alpha value is -0.200. The van der Waals surface area contributed by atoms with E-state index in [4.69, 9.17) is 9.47 Å². The zero-order chi connectivity index (χ0) is 11.4. The lowest BCUT2D eigenvalue weighted by atomic mass is 9.96. The van der Waals surface area contributed by atoms with Gasteiger partial charge in [-0.1, -0.05) is 28.1 Å². The van der Waals surface area contributed by atoms with Gasteiger partial charge in [-0.15, -0.1) is 0 Å². The number of aliphatic hydroxyl groups excluding tert-OH is 2. The Morgan fingerprint density at radius 3 is 2.53 bits per heavy atom. The van der Waals surface area contributed by atoms with Crippen LogP contribution in [-0.4, -0.2) is 37.0 Å². The molecule has 1 rings (SSSR count). The SMILES string of the molecule is COC(O)C1=C(Br)CC(C(O)OC)C=C1. The second-order valence-electron chi connectivity index (χ2n) is 3.30. The lowest BCUT2D eigenvalue weighted by molar-refractivity contribution is -0.100. The third-order valence-corrected chi connectivity index (χ3v) is 3.13. The molecular formula is C10H15BrO4. The fourth-order valence-electron chi connectivity index (χ4n) is 1.42. The van der Waals surface area contributed by atoms with Crippen LogP contribution >= 0.6 is 15.9 Å². The lowest BCUT2D eigenvalue weighted by Crippen LogP contribution is -2.24. The van der Waals surface area contributed by atoms with Crippen LogP contribution in [0.5, 0.6) is 0 Å². The summed E-state index contributed by atoms with van der Waals surface area (Å²) in [5.41, 5.74) is 0.678. The van der Waals surface area contributed by atoms with Gasteiger partial charge in [0.05, 0.1) is 0 Å². The summed E-state index contributed by atoms with van der Waals surface area (Å²) in [7, 11) is 2.89. The van der Waals surface area contributed by atoms with Crippen LogP contribution in [0.25, 0.3) is 0 Å². The van der Waals surface area contributed by atoms with E-state index in [9.17, 15) is 10.2 Å². The number of methoxy groups -OCH3 is 2. The van der Waals surface area contributed by atoms with Crippen molar-refractivity contribution in [3.8, 4) is 0 Å². The van der Waals surface area contributed by atoms with Gasteiger partial charge in [-0.3, -0.25) is 0 Å². The zero-order valence-corrected chi connectivity index (χ0v) is 10.3. The predicted octanol–water partition coefficient (Wildman–Crippen LogP) is 1.14. The van der Waals surface area contributed by atoms with Gasteiger partial charge in [0.15, 0.2) is 12.6 Å². The minimum Gasteiger partial charge on any atom is -0.367 e. The second-order valence-corrected chi connectivity index (χ2v) is 4.26. The van der Waals surface area contributed by atoms with E-state index in [2.05, 4.69) is 15.9 Å². The standard InChI is InChI=1S/C10H15BrO4/c1-14-9(12)6-3-4-7(8(11)5-6)10(13)15-2/h3-4,6,9-10,12-13H,5H2,1-2H3. The highest BCUT2D eigenvalue weighted by molar-refractivity contribution is 9.11. The van der Waals surface area contributed by atoms with Crippen molar-refractivity contribution in [2.45, 2.75) is 19.0 Å². The summed E-state index contributed by atoms with van der Waals surface area (Å²) >= 11 is 3.36. The molecule has 3 atom stereocenters. The van der Waals surface area contributed by atoms with Crippen molar-refractivity contribution in [2.75, 3.05) is 14.2 Å². The maximum absolute atomic E-state index is 9.48. The van der Waals surface area contributed by atoms with Crippen molar-refractivity contribution in [1.29, 1.82) is 0 Å². The molecule has 4 nitrogen and oxygen atoms in total. The molecule has 0 radical (unpaired) electrons. The van der Waals surface area contributed by atoms with Crippen LogP contribution in [-0.2, 0) is 9.47 Å². The van der Waals surface area contributed by atoms with Crippen LogP contribution in [0.15, 0.2) is 22.2 Å². The van der Waals surface area contributed by atoms with Gasteiger partial charge in [0.1, 0.15) is 0 Å². The molecule has 0 aromatic carbocycles. The van der Waals surface area contributed by atoms with Crippen LogP contribution in [0.3, 0.4) is 0 Å². The molecule has 1 aliphatic rings. The number of halogens is 1. The van der Waals surface area contributed by atoms with Gasteiger partial charge in [-0.05, 0) is 6.42 Å². The van der Waals surface area contributed by atoms with Gasteiger partial charge in [-0.25, -0.2) is 0 Å². The highest BCUT2D eigenvalue weighted by Gasteiger charge is 2.24. The molecule has 0 bridgehead atoms. The van der Waals surface area contributed by atoms with E-state index in [0.717, 1.165) is 4.48 Å². The van der Waals surface area contributed by atoms with E-state index < -0.39 is 12.6 Å². The van der Waals surface area contributed by atoms with Gasteiger partial charge in [-0.2, -0.15) is 0 Å². The summed E-state index contributed by atoms with van der Waals surface area (Å²) in [6.07, 6.45) is 2.36. The number of rotatable bonds is 4. The van der Waals surface area contributed by atoms with Crippen molar-refractivity contribution in [1.82, 2.24) is 0 Å². The van der Waals surface area contributed by atoms with Gasteiger partial charge in [0.25, 0.3) is 0 Å². The normalized spacial score (nSPS) is 25.5. The van der Waals surface area contributed by atoms with Crippen molar-refractivity contribution >= 4 is 15.9 Å². The van der Waals surface area contributed by atoms with Crippen LogP contribution in [0.2, 0.25) is 0 Å². The lowest BCUT2D eigenvalue weighted by Gasteiger charge is -2.24. The minimum atomic E-state index is -0.934. The molecule has 0 saturated heterocycles. The molecule has 0 aliphatic heterocycles. The quantitative estimate of drug-likeness (QED) is 0.758. The maximum atomic E-state index is 9.48. The number of allylic oxidation sites excluding steroid dienone is 1.